The molecule has 0 aliphatic carbocycles. The SMILES string of the molecule is CCCOc1c(OC)cc(/C=N\Nc2nc3ccccc3[nH]2)cc1OC. The van der Waals surface area contributed by atoms with Crippen molar-refractivity contribution in [2.45, 2.75) is 13.3 Å². The standard InChI is InChI=1S/C19H22N4O3/c1-4-9-26-18-16(24-2)10-13(11-17(18)25-3)12-20-23-19-21-14-7-5-6-8-15(14)22-19/h5-8,10-12H,4,9H2,1-3H3,(H2,21,22,23)/b20-12-. The Kier molecular flexibility index (Phi) is 5.58. The third-order valence-electron chi connectivity index (χ3n) is 3.71. The molecule has 0 spiro atoms. The molecule has 3 rings (SSSR count). The Balaban J connectivity index is 1.78. The van der Waals surface area contributed by atoms with Crippen LogP contribution >= 0.6 is 0 Å². The van der Waals surface area contributed by atoms with Gasteiger partial charge in [-0.25, -0.2) is 10.4 Å². The van der Waals surface area contributed by atoms with Crippen LogP contribution in [0.3, 0.4) is 0 Å². The van der Waals surface area contributed by atoms with Crippen molar-refractivity contribution in [3.05, 3.63) is 42.0 Å². The minimum atomic E-state index is 0.573. The van der Waals surface area contributed by atoms with E-state index in [1.54, 1.807) is 20.4 Å². The molecule has 3 aromatic rings. The maximum absolute atomic E-state index is 5.74. The predicted octanol–water partition coefficient (Wildman–Crippen LogP) is 3.81. The normalized spacial score (nSPS) is 11.0. The van der Waals surface area contributed by atoms with Crippen LogP contribution in [-0.2, 0) is 0 Å². The topological polar surface area (TPSA) is 80.8 Å². The third-order valence-corrected chi connectivity index (χ3v) is 3.71. The number of anilines is 1. The zero-order valence-corrected chi connectivity index (χ0v) is 15.1. The van der Waals surface area contributed by atoms with Crippen molar-refractivity contribution in [2.24, 2.45) is 5.10 Å². The van der Waals surface area contributed by atoms with Crippen LogP contribution in [-0.4, -0.2) is 37.0 Å². The Hall–Kier alpha value is -3.22. The molecule has 1 heterocycles. The van der Waals surface area contributed by atoms with E-state index >= 15 is 0 Å². The quantitative estimate of drug-likeness (QED) is 0.475. The molecular weight excluding hydrogens is 332 g/mol. The number of para-hydroxylation sites is 2. The Morgan fingerprint density at radius 2 is 1.88 bits per heavy atom. The lowest BCUT2D eigenvalue weighted by Gasteiger charge is -2.14. The van der Waals surface area contributed by atoms with Gasteiger partial charge in [-0.3, -0.25) is 0 Å². The van der Waals surface area contributed by atoms with Gasteiger partial charge in [0.05, 0.1) is 38.1 Å². The van der Waals surface area contributed by atoms with Gasteiger partial charge >= 0.3 is 0 Å². The van der Waals surface area contributed by atoms with Gasteiger partial charge in [-0.2, -0.15) is 5.10 Å². The summed E-state index contributed by atoms with van der Waals surface area (Å²) in [5.41, 5.74) is 5.54. The number of benzene rings is 2. The Labute approximate surface area is 152 Å². The van der Waals surface area contributed by atoms with Crippen LogP contribution in [0.1, 0.15) is 18.9 Å². The number of hydrazone groups is 1. The van der Waals surface area contributed by atoms with Gasteiger partial charge in [0, 0.05) is 5.56 Å². The van der Waals surface area contributed by atoms with Gasteiger partial charge < -0.3 is 19.2 Å². The second-order valence-corrected chi connectivity index (χ2v) is 5.58. The van der Waals surface area contributed by atoms with Gasteiger partial charge in [0.2, 0.25) is 11.7 Å². The number of hydrogen-bond donors (Lipinski definition) is 2. The number of methoxy groups -OCH3 is 2. The fourth-order valence-electron chi connectivity index (χ4n) is 2.49. The first-order valence-corrected chi connectivity index (χ1v) is 8.37. The first-order chi connectivity index (χ1) is 12.7. The molecule has 0 fully saturated rings. The lowest BCUT2D eigenvalue weighted by Crippen LogP contribution is -2.02. The van der Waals surface area contributed by atoms with Gasteiger partial charge in [0.1, 0.15) is 0 Å². The molecule has 0 unspecified atom stereocenters. The van der Waals surface area contributed by atoms with E-state index in [1.807, 2.05) is 43.3 Å². The smallest absolute Gasteiger partial charge is 0.222 e. The second kappa shape index (κ2) is 8.24. The number of fused-ring (bicyclic) bond motifs is 1. The first-order valence-electron chi connectivity index (χ1n) is 8.37. The lowest BCUT2D eigenvalue weighted by molar-refractivity contribution is 0.275. The molecule has 2 aromatic carbocycles. The monoisotopic (exact) mass is 354 g/mol. The summed E-state index contributed by atoms with van der Waals surface area (Å²) in [7, 11) is 3.20. The summed E-state index contributed by atoms with van der Waals surface area (Å²) < 4.78 is 16.6. The average Bonchev–Trinajstić information content (AvgIpc) is 3.08. The van der Waals surface area contributed by atoms with Crippen molar-refractivity contribution in [2.75, 3.05) is 26.3 Å². The molecule has 0 bridgehead atoms. The van der Waals surface area contributed by atoms with Crippen molar-refractivity contribution >= 4 is 23.2 Å². The molecule has 0 amide bonds. The van der Waals surface area contributed by atoms with Crippen LogP contribution in [0.4, 0.5) is 5.95 Å². The molecule has 0 saturated carbocycles. The molecule has 0 saturated heterocycles. The van der Waals surface area contributed by atoms with Gasteiger partial charge in [-0.15, -0.1) is 0 Å². The molecule has 0 aliphatic heterocycles. The zero-order valence-electron chi connectivity index (χ0n) is 15.1. The molecule has 7 heteroatoms. The Morgan fingerprint density at radius 3 is 2.54 bits per heavy atom. The number of hydrogen-bond acceptors (Lipinski definition) is 6. The van der Waals surface area contributed by atoms with E-state index in [4.69, 9.17) is 14.2 Å². The number of nitrogens with zero attached hydrogens (tertiary/aromatic N) is 2. The van der Waals surface area contributed by atoms with E-state index in [-0.39, 0.29) is 0 Å². The number of aromatic amines is 1. The fraction of sp³-hybridized carbons (Fsp3) is 0.263. The second-order valence-electron chi connectivity index (χ2n) is 5.58. The van der Waals surface area contributed by atoms with Gasteiger partial charge in [-0.05, 0) is 30.7 Å². The predicted molar refractivity (Wildman–Crippen MR) is 103 cm³/mol. The van der Waals surface area contributed by atoms with Crippen LogP contribution in [0.2, 0.25) is 0 Å². The number of ether oxygens (including phenoxy) is 3. The highest BCUT2D eigenvalue weighted by molar-refractivity contribution is 5.83. The summed E-state index contributed by atoms with van der Waals surface area (Å²) in [6.45, 7) is 2.64. The molecule has 0 radical (unpaired) electrons. The van der Waals surface area contributed by atoms with E-state index in [1.165, 1.54) is 0 Å². The highest BCUT2D eigenvalue weighted by atomic mass is 16.5. The minimum absolute atomic E-state index is 0.573. The van der Waals surface area contributed by atoms with Crippen LogP contribution in [0.25, 0.3) is 11.0 Å². The van der Waals surface area contributed by atoms with E-state index in [9.17, 15) is 0 Å². The number of nitrogens with one attached hydrogen (secondary N) is 2. The Morgan fingerprint density at radius 1 is 1.15 bits per heavy atom. The summed E-state index contributed by atoms with van der Waals surface area (Å²) in [6.07, 6.45) is 2.57. The van der Waals surface area contributed by atoms with Crippen molar-refractivity contribution < 1.29 is 14.2 Å². The summed E-state index contributed by atoms with van der Waals surface area (Å²) in [5.74, 6) is 2.37. The molecule has 26 heavy (non-hydrogen) atoms. The van der Waals surface area contributed by atoms with Crippen molar-refractivity contribution in [1.29, 1.82) is 0 Å². The summed E-state index contributed by atoms with van der Waals surface area (Å²) in [6, 6.07) is 11.5. The van der Waals surface area contributed by atoms with Crippen molar-refractivity contribution in [3.8, 4) is 17.2 Å². The van der Waals surface area contributed by atoms with E-state index in [0.29, 0.717) is 29.8 Å². The molecule has 0 atom stereocenters. The zero-order chi connectivity index (χ0) is 18.4. The molecule has 1 aromatic heterocycles. The van der Waals surface area contributed by atoms with Gasteiger partial charge in [0.25, 0.3) is 0 Å². The minimum Gasteiger partial charge on any atom is -0.493 e. The maximum atomic E-state index is 5.74. The van der Waals surface area contributed by atoms with E-state index in [0.717, 1.165) is 23.0 Å². The summed E-state index contributed by atoms with van der Waals surface area (Å²) in [4.78, 5) is 7.56. The average molecular weight is 354 g/mol. The summed E-state index contributed by atoms with van der Waals surface area (Å²) in [5, 5.41) is 4.23. The van der Waals surface area contributed by atoms with Crippen molar-refractivity contribution in [3.63, 3.8) is 0 Å². The van der Waals surface area contributed by atoms with Gasteiger partial charge in [0.15, 0.2) is 11.5 Å². The highest BCUT2D eigenvalue weighted by Crippen LogP contribution is 2.38. The molecule has 7 nitrogen and oxygen atoms in total. The van der Waals surface area contributed by atoms with Crippen LogP contribution in [0, 0.1) is 0 Å². The molecule has 2 N–H and O–H groups in total. The number of H-pyrrole nitrogens is 1. The third kappa shape index (κ3) is 3.88. The number of rotatable bonds is 8. The molecular formula is C19H22N4O3. The molecule has 136 valence electrons. The number of aromatic nitrogens is 2. The van der Waals surface area contributed by atoms with E-state index in [2.05, 4.69) is 20.5 Å². The highest BCUT2D eigenvalue weighted by Gasteiger charge is 2.13. The molecule has 0 aliphatic rings. The van der Waals surface area contributed by atoms with Crippen LogP contribution < -0.4 is 19.6 Å². The first kappa shape index (κ1) is 17.6. The Bertz CT molecular complexity index is 847. The maximum Gasteiger partial charge on any atom is 0.222 e. The largest absolute Gasteiger partial charge is 0.493 e. The van der Waals surface area contributed by atoms with Crippen LogP contribution in [0.5, 0.6) is 17.2 Å². The fourth-order valence-corrected chi connectivity index (χ4v) is 2.49. The van der Waals surface area contributed by atoms with Crippen LogP contribution in [0.15, 0.2) is 41.5 Å². The van der Waals surface area contributed by atoms with Gasteiger partial charge in [-0.1, -0.05) is 19.1 Å². The number of imidazole rings is 1. The van der Waals surface area contributed by atoms with Crippen molar-refractivity contribution in [1.82, 2.24) is 9.97 Å². The van der Waals surface area contributed by atoms with E-state index < -0.39 is 0 Å². The lowest BCUT2D eigenvalue weighted by atomic mass is 10.2. The summed E-state index contributed by atoms with van der Waals surface area (Å²) >= 11 is 0.